The summed E-state index contributed by atoms with van der Waals surface area (Å²) >= 11 is 0. The molecule has 0 saturated carbocycles. The molecule has 0 unspecified atom stereocenters. The highest BCUT2D eigenvalue weighted by atomic mass is 16.8. The largest absolute Gasteiger partial charge is 0.465 e. The first kappa shape index (κ1) is 25.8. The van der Waals surface area contributed by atoms with Gasteiger partial charge in [0, 0.05) is 20.2 Å². The highest BCUT2D eigenvalue weighted by Crippen LogP contribution is 2.41. The SMILES string of the molecule is CCOC(=O)[C@H]([C@H](O)[C@H]1O[C@@H](OC)[C@@H]2OC(C)(C)O[C@H]12)N(Cc1ccccc1)Cc1ccccc1. The molecule has 0 aromatic heterocycles. The third-order valence-electron chi connectivity index (χ3n) is 6.32. The number of benzene rings is 2. The predicted molar refractivity (Wildman–Crippen MR) is 128 cm³/mol. The summed E-state index contributed by atoms with van der Waals surface area (Å²) in [6.07, 6.45) is -3.95. The number of carbonyl (C=O) groups is 1. The van der Waals surface area contributed by atoms with Gasteiger partial charge < -0.3 is 28.8 Å². The van der Waals surface area contributed by atoms with E-state index in [1.807, 2.05) is 65.6 Å². The highest BCUT2D eigenvalue weighted by molar-refractivity contribution is 5.76. The smallest absolute Gasteiger partial charge is 0.326 e. The molecule has 8 heteroatoms. The quantitative estimate of drug-likeness (QED) is 0.514. The minimum absolute atomic E-state index is 0.192. The van der Waals surface area contributed by atoms with Crippen LogP contribution in [0.15, 0.2) is 60.7 Å². The minimum Gasteiger partial charge on any atom is -0.465 e. The zero-order valence-electron chi connectivity index (χ0n) is 20.7. The normalized spacial score (nSPS) is 26.9. The van der Waals surface area contributed by atoms with Crippen LogP contribution in [0, 0.1) is 0 Å². The van der Waals surface area contributed by atoms with Gasteiger partial charge in [-0.05, 0) is 31.9 Å². The first-order valence-corrected chi connectivity index (χ1v) is 12.0. The lowest BCUT2D eigenvalue weighted by molar-refractivity contribution is -0.240. The minimum atomic E-state index is -1.26. The van der Waals surface area contributed by atoms with Crippen LogP contribution in [0.2, 0.25) is 0 Å². The van der Waals surface area contributed by atoms with Crippen molar-refractivity contribution >= 4 is 5.97 Å². The van der Waals surface area contributed by atoms with E-state index in [9.17, 15) is 9.90 Å². The van der Waals surface area contributed by atoms with Crippen LogP contribution in [0.25, 0.3) is 0 Å². The molecule has 0 aliphatic carbocycles. The lowest BCUT2D eigenvalue weighted by atomic mass is 9.97. The zero-order chi connectivity index (χ0) is 25.0. The first-order valence-electron chi connectivity index (χ1n) is 12.0. The second kappa shape index (κ2) is 11.2. The standard InChI is InChI=1S/C27H35NO7/c1-5-32-25(30)20(21(29)22-23-24(26(31-4)33-22)35-27(2,3)34-23)28(16-18-12-8-6-9-13-18)17-19-14-10-7-11-15-19/h6-15,20-24,26,29H,5,16-17H2,1-4H3/t20-,21-,22+,23+,24+,26+/m0/s1. The Morgan fingerprint density at radius 3 is 2.06 bits per heavy atom. The average molecular weight is 486 g/mol. The van der Waals surface area contributed by atoms with Crippen molar-refractivity contribution in [2.24, 2.45) is 0 Å². The van der Waals surface area contributed by atoms with Gasteiger partial charge in [-0.25, -0.2) is 0 Å². The van der Waals surface area contributed by atoms with Gasteiger partial charge in [0.1, 0.15) is 30.5 Å². The van der Waals surface area contributed by atoms with E-state index < -0.39 is 48.5 Å². The first-order chi connectivity index (χ1) is 16.8. The fraction of sp³-hybridized carbons (Fsp3) is 0.519. The topological polar surface area (TPSA) is 86.7 Å². The Morgan fingerprint density at radius 1 is 1.00 bits per heavy atom. The number of aliphatic hydroxyl groups is 1. The number of methoxy groups -OCH3 is 1. The second-order valence-corrected chi connectivity index (χ2v) is 9.33. The van der Waals surface area contributed by atoms with Crippen molar-refractivity contribution in [3.8, 4) is 0 Å². The molecular weight excluding hydrogens is 450 g/mol. The third-order valence-corrected chi connectivity index (χ3v) is 6.32. The summed E-state index contributed by atoms with van der Waals surface area (Å²) in [5.74, 6) is -1.38. The summed E-state index contributed by atoms with van der Waals surface area (Å²) in [5.41, 5.74) is 2.01. The van der Waals surface area contributed by atoms with Gasteiger partial charge >= 0.3 is 5.97 Å². The number of ether oxygens (including phenoxy) is 5. The summed E-state index contributed by atoms with van der Waals surface area (Å²) in [6, 6.07) is 18.6. The molecule has 4 rings (SSSR count). The van der Waals surface area contributed by atoms with Crippen LogP contribution in [-0.4, -0.2) is 72.2 Å². The molecule has 0 amide bonds. The molecule has 0 bridgehead atoms. The predicted octanol–water partition coefficient (Wildman–Crippen LogP) is 2.87. The van der Waals surface area contributed by atoms with E-state index in [0.29, 0.717) is 13.1 Å². The average Bonchev–Trinajstić information content (AvgIpc) is 3.33. The van der Waals surface area contributed by atoms with E-state index in [0.717, 1.165) is 11.1 Å². The summed E-state index contributed by atoms with van der Waals surface area (Å²) in [5, 5.41) is 11.7. The van der Waals surface area contributed by atoms with E-state index in [-0.39, 0.29) is 6.61 Å². The molecule has 2 heterocycles. The Morgan fingerprint density at radius 2 is 1.54 bits per heavy atom. The monoisotopic (exact) mass is 485 g/mol. The lowest BCUT2D eigenvalue weighted by Crippen LogP contribution is -2.56. The summed E-state index contributed by atoms with van der Waals surface area (Å²) in [4.78, 5) is 15.3. The van der Waals surface area contributed by atoms with Crippen molar-refractivity contribution in [3.63, 3.8) is 0 Å². The molecular formula is C27H35NO7. The maximum absolute atomic E-state index is 13.4. The number of hydrogen-bond acceptors (Lipinski definition) is 8. The Labute approximate surface area is 206 Å². The summed E-state index contributed by atoms with van der Waals surface area (Å²) in [6.45, 7) is 6.40. The second-order valence-electron chi connectivity index (χ2n) is 9.33. The van der Waals surface area contributed by atoms with Gasteiger partial charge in [0.2, 0.25) is 0 Å². The van der Waals surface area contributed by atoms with Crippen LogP contribution in [0.1, 0.15) is 31.9 Å². The van der Waals surface area contributed by atoms with E-state index >= 15 is 0 Å². The van der Waals surface area contributed by atoms with Gasteiger partial charge in [0.05, 0.1) is 6.61 Å². The maximum atomic E-state index is 13.4. The van der Waals surface area contributed by atoms with Gasteiger partial charge in [-0.1, -0.05) is 60.7 Å². The summed E-state index contributed by atoms with van der Waals surface area (Å²) < 4.78 is 29.0. The molecule has 2 aliphatic rings. The third kappa shape index (κ3) is 5.91. The molecule has 2 fully saturated rings. The molecule has 2 aliphatic heterocycles. The summed E-state index contributed by atoms with van der Waals surface area (Å²) in [7, 11) is 1.52. The van der Waals surface area contributed by atoms with Gasteiger partial charge in [0.15, 0.2) is 12.1 Å². The Hall–Kier alpha value is -2.33. The number of nitrogens with zero attached hydrogens (tertiary/aromatic N) is 1. The van der Waals surface area contributed by atoms with Crippen molar-refractivity contribution in [2.75, 3.05) is 13.7 Å². The van der Waals surface area contributed by atoms with E-state index in [4.69, 9.17) is 23.7 Å². The molecule has 190 valence electrons. The number of hydrogen-bond donors (Lipinski definition) is 1. The number of aliphatic hydroxyl groups excluding tert-OH is 1. The molecule has 0 spiro atoms. The number of fused-ring (bicyclic) bond motifs is 1. The van der Waals surface area contributed by atoms with Crippen molar-refractivity contribution < 1.29 is 33.6 Å². The Bertz CT molecular complexity index is 913. The van der Waals surface area contributed by atoms with Crippen molar-refractivity contribution in [1.29, 1.82) is 0 Å². The molecule has 2 aromatic rings. The molecule has 1 N–H and O–H groups in total. The number of rotatable bonds is 10. The maximum Gasteiger partial charge on any atom is 0.326 e. The van der Waals surface area contributed by atoms with Crippen molar-refractivity contribution in [3.05, 3.63) is 71.8 Å². The molecule has 0 radical (unpaired) electrons. The van der Waals surface area contributed by atoms with Gasteiger partial charge in [-0.3, -0.25) is 9.69 Å². The van der Waals surface area contributed by atoms with Crippen molar-refractivity contribution in [2.45, 2.75) is 76.4 Å². The van der Waals surface area contributed by atoms with Crippen LogP contribution in [0.3, 0.4) is 0 Å². The Kier molecular flexibility index (Phi) is 8.21. The van der Waals surface area contributed by atoms with Crippen molar-refractivity contribution in [1.82, 2.24) is 4.90 Å². The molecule has 35 heavy (non-hydrogen) atoms. The van der Waals surface area contributed by atoms with Crippen LogP contribution >= 0.6 is 0 Å². The van der Waals surface area contributed by atoms with E-state index in [1.165, 1.54) is 7.11 Å². The fourth-order valence-electron chi connectivity index (χ4n) is 4.86. The van der Waals surface area contributed by atoms with Crippen LogP contribution < -0.4 is 0 Å². The van der Waals surface area contributed by atoms with Crippen LogP contribution in [0.4, 0.5) is 0 Å². The fourth-order valence-corrected chi connectivity index (χ4v) is 4.86. The van der Waals surface area contributed by atoms with Gasteiger partial charge in [0.25, 0.3) is 0 Å². The number of esters is 1. The molecule has 6 atom stereocenters. The molecule has 2 saturated heterocycles. The molecule has 8 nitrogen and oxygen atoms in total. The Balaban J connectivity index is 1.67. The number of carbonyl (C=O) groups excluding carboxylic acids is 1. The lowest BCUT2D eigenvalue weighted by Gasteiger charge is -2.36. The van der Waals surface area contributed by atoms with Gasteiger partial charge in [-0.15, -0.1) is 0 Å². The zero-order valence-corrected chi connectivity index (χ0v) is 20.7. The highest BCUT2D eigenvalue weighted by Gasteiger charge is 2.59. The van der Waals surface area contributed by atoms with Gasteiger partial charge in [-0.2, -0.15) is 0 Å². The van der Waals surface area contributed by atoms with E-state index in [1.54, 1.807) is 20.8 Å². The van der Waals surface area contributed by atoms with Crippen LogP contribution in [-0.2, 0) is 41.6 Å². The van der Waals surface area contributed by atoms with Crippen LogP contribution in [0.5, 0.6) is 0 Å². The molecule has 2 aromatic carbocycles. The van der Waals surface area contributed by atoms with E-state index in [2.05, 4.69) is 0 Å².